The van der Waals surface area contributed by atoms with Crippen LogP contribution in [0.1, 0.15) is 38.1 Å². The lowest BCUT2D eigenvalue weighted by atomic mass is 9.68. The molecule has 160 valence electrons. The van der Waals surface area contributed by atoms with Gasteiger partial charge in [-0.3, -0.25) is 0 Å². The summed E-state index contributed by atoms with van der Waals surface area (Å²) in [5.74, 6) is 1.79. The Morgan fingerprint density at radius 3 is 2.75 bits per heavy atom. The van der Waals surface area contributed by atoms with Gasteiger partial charge in [-0.2, -0.15) is 11.3 Å². The van der Waals surface area contributed by atoms with Crippen molar-refractivity contribution in [3.8, 4) is 22.5 Å². The number of hydrogen-bond donors (Lipinski definition) is 1. The van der Waals surface area contributed by atoms with Crippen LogP contribution in [0, 0.1) is 17.7 Å². The molecule has 0 aliphatic heterocycles. The van der Waals surface area contributed by atoms with Crippen molar-refractivity contribution in [1.82, 2.24) is 24.5 Å². The van der Waals surface area contributed by atoms with Crippen LogP contribution in [0.3, 0.4) is 0 Å². The largest absolute Gasteiger partial charge is 0.345 e. The summed E-state index contributed by atoms with van der Waals surface area (Å²) < 4.78 is 16.3. The Bertz CT molecular complexity index is 1440. The summed E-state index contributed by atoms with van der Waals surface area (Å²) in [5.41, 5.74) is 4.82. The first-order valence-corrected chi connectivity index (χ1v) is 12.2. The third-order valence-electron chi connectivity index (χ3n) is 7.51. The van der Waals surface area contributed by atoms with Crippen molar-refractivity contribution in [3.63, 3.8) is 0 Å². The van der Waals surface area contributed by atoms with Crippen molar-refractivity contribution in [3.05, 3.63) is 53.5 Å². The number of aromatic nitrogens is 5. The highest BCUT2D eigenvalue weighted by Crippen LogP contribution is 2.49. The van der Waals surface area contributed by atoms with Gasteiger partial charge in [0.05, 0.1) is 6.20 Å². The highest BCUT2D eigenvalue weighted by atomic mass is 32.1. The van der Waals surface area contributed by atoms with Gasteiger partial charge in [-0.25, -0.2) is 19.3 Å². The van der Waals surface area contributed by atoms with E-state index in [0.29, 0.717) is 22.9 Å². The zero-order valence-corrected chi connectivity index (χ0v) is 18.3. The van der Waals surface area contributed by atoms with E-state index in [0.717, 1.165) is 28.4 Å². The van der Waals surface area contributed by atoms with Crippen molar-refractivity contribution in [2.24, 2.45) is 11.8 Å². The second kappa shape index (κ2) is 6.97. The molecule has 5 aromatic heterocycles. The first-order chi connectivity index (χ1) is 15.7. The van der Waals surface area contributed by atoms with E-state index in [2.05, 4.69) is 37.6 Å². The van der Waals surface area contributed by atoms with Crippen molar-refractivity contribution in [2.45, 2.75) is 38.1 Å². The predicted octanol–water partition coefficient (Wildman–Crippen LogP) is 6.59. The van der Waals surface area contributed by atoms with Gasteiger partial charge in [0.25, 0.3) is 0 Å². The number of rotatable bonds is 3. The van der Waals surface area contributed by atoms with E-state index in [1.165, 1.54) is 55.5 Å². The number of fused-ring (bicyclic) bond motifs is 5. The van der Waals surface area contributed by atoms with Crippen LogP contribution in [0.25, 0.3) is 44.6 Å². The lowest BCUT2D eigenvalue weighted by Crippen LogP contribution is -2.32. The zero-order valence-electron chi connectivity index (χ0n) is 17.5. The summed E-state index contributed by atoms with van der Waals surface area (Å²) in [6.07, 6.45) is 13.9. The van der Waals surface area contributed by atoms with Gasteiger partial charge in [0.15, 0.2) is 5.82 Å². The average Bonchev–Trinajstić information content (AvgIpc) is 3.57. The minimum absolute atomic E-state index is 0.360. The van der Waals surface area contributed by atoms with E-state index in [1.807, 2.05) is 12.4 Å². The molecule has 3 saturated carbocycles. The minimum Gasteiger partial charge on any atom is -0.345 e. The maximum absolute atomic E-state index is 13.9. The number of pyridine rings is 1. The quantitative estimate of drug-likeness (QED) is 0.342. The van der Waals surface area contributed by atoms with Crippen LogP contribution >= 0.6 is 11.3 Å². The molecule has 0 radical (unpaired) electrons. The lowest BCUT2D eigenvalue weighted by Gasteiger charge is -2.43. The van der Waals surface area contributed by atoms with Crippen LogP contribution in [0.4, 0.5) is 4.39 Å². The van der Waals surface area contributed by atoms with E-state index in [4.69, 9.17) is 9.97 Å². The number of nitrogens with one attached hydrogen (secondary N) is 1. The molecule has 0 saturated heterocycles. The molecule has 5 nitrogen and oxygen atoms in total. The summed E-state index contributed by atoms with van der Waals surface area (Å²) in [7, 11) is 0. The van der Waals surface area contributed by atoms with Crippen LogP contribution in [-0.4, -0.2) is 24.5 Å². The molecule has 5 aromatic rings. The molecule has 1 atom stereocenters. The maximum atomic E-state index is 13.9. The topological polar surface area (TPSA) is 59.4 Å². The second-order valence-corrected chi connectivity index (χ2v) is 10.0. The number of halogens is 1. The number of hydrogen-bond acceptors (Lipinski definition) is 4. The Morgan fingerprint density at radius 1 is 1.06 bits per heavy atom. The van der Waals surface area contributed by atoms with E-state index in [1.54, 1.807) is 11.3 Å². The van der Waals surface area contributed by atoms with Gasteiger partial charge in [-0.05, 0) is 59.6 Å². The molecule has 0 spiro atoms. The summed E-state index contributed by atoms with van der Waals surface area (Å²) in [5, 5.41) is 6.09. The van der Waals surface area contributed by atoms with Gasteiger partial charge in [-0.1, -0.05) is 12.8 Å². The molecule has 0 unspecified atom stereocenters. The Balaban J connectivity index is 1.44. The van der Waals surface area contributed by atoms with Crippen LogP contribution in [0.5, 0.6) is 0 Å². The second-order valence-electron chi connectivity index (χ2n) is 9.23. The molecule has 0 aromatic carbocycles. The normalized spacial score (nSPS) is 22.8. The van der Waals surface area contributed by atoms with Gasteiger partial charge in [0.2, 0.25) is 0 Å². The molecule has 8 rings (SSSR count). The molecule has 3 aliphatic rings. The molecule has 2 bridgehead atoms. The highest BCUT2D eigenvalue weighted by molar-refractivity contribution is 7.08. The third kappa shape index (κ3) is 2.77. The average molecular weight is 444 g/mol. The van der Waals surface area contributed by atoms with Crippen LogP contribution in [0.2, 0.25) is 0 Å². The van der Waals surface area contributed by atoms with Crippen molar-refractivity contribution in [2.75, 3.05) is 0 Å². The molecular formula is C25H22FN5S. The van der Waals surface area contributed by atoms with Gasteiger partial charge >= 0.3 is 0 Å². The SMILES string of the molecule is Fc1cnc2[nH]cc(-c3ncc4c(-c5ccsc5)cn([C@H]5CC6CCC5CC6)c4n3)c2c1. The fraction of sp³-hybridized carbons (Fsp3) is 0.320. The zero-order chi connectivity index (χ0) is 21.2. The fourth-order valence-corrected chi connectivity index (χ4v) is 6.56. The summed E-state index contributed by atoms with van der Waals surface area (Å²) in [6, 6.07) is 4.15. The first-order valence-electron chi connectivity index (χ1n) is 11.3. The first kappa shape index (κ1) is 18.5. The molecular weight excluding hydrogens is 421 g/mol. The van der Waals surface area contributed by atoms with Crippen LogP contribution in [0.15, 0.2) is 47.7 Å². The van der Waals surface area contributed by atoms with Crippen LogP contribution in [-0.2, 0) is 0 Å². The van der Waals surface area contributed by atoms with E-state index in [9.17, 15) is 4.39 Å². The number of H-pyrrole nitrogens is 1. The smallest absolute Gasteiger partial charge is 0.163 e. The summed E-state index contributed by atoms with van der Waals surface area (Å²) in [6.45, 7) is 0. The van der Waals surface area contributed by atoms with Crippen LogP contribution < -0.4 is 0 Å². The molecule has 32 heavy (non-hydrogen) atoms. The van der Waals surface area contributed by atoms with Crippen molar-refractivity contribution in [1.29, 1.82) is 0 Å². The maximum Gasteiger partial charge on any atom is 0.163 e. The van der Waals surface area contributed by atoms with E-state index < -0.39 is 0 Å². The summed E-state index contributed by atoms with van der Waals surface area (Å²) in [4.78, 5) is 17.1. The van der Waals surface area contributed by atoms with Gasteiger partial charge in [-0.15, -0.1) is 0 Å². The number of thiophene rings is 1. The standard InChI is InChI=1S/C25H22FN5S/c26-17-8-18-19(10-28-23(18)27-9-17)24-29-11-20-21(16-5-6-32-13-16)12-31(25(20)30-24)22-7-14-1-3-15(22)4-2-14/h5-6,8-15,22H,1-4,7H2,(H,27,28)/t14?,15?,22-/m0/s1. The molecule has 0 amide bonds. The molecule has 7 heteroatoms. The monoisotopic (exact) mass is 443 g/mol. The molecule has 5 heterocycles. The van der Waals surface area contributed by atoms with Gasteiger partial charge < -0.3 is 9.55 Å². The Hall–Kier alpha value is -3.06. The fourth-order valence-electron chi connectivity index (χ4n) is 5.91. The lowest BCUT2D eigenvalue weighted by molar-refractivity contribution is 0.108. The Morgan fingerprint density at radius 2 is 1.97 bits per heavy atom. The summed E-state index contributed by atoms with van der Waals surface area (Å²) >= 11 is 1.71. The Labute approximate surface area is 188 Å². The third-order valence-corrected chi connectivity index (χ3v) is 8.19. The van der Waals surface area contributed by atoms with E-state index >= 15 is 0 Å². The molecule has 3 aliphatic carbocycles. The number of aromatic amines is 1. The number of nitrogens with zero attached hydrogens (tertiary/aromatic N) is 4. The minimum atomic E-state index is -0.360. The van der Waals surface area contributed by atoms with Crippen molar-refractivity contribution < 1.29 is 4.39 Å². The highest BCUT2D eigenvalue weighted by Gasteiger charge is 2.37. The Kier molecular flexibility index (Phi) is 4.03. The predicted molar refractivity (Wildman–Crippen MR) is 125 cm³/mol. The molecule has 1 N–H and O–H groups in total. The van der Waals surface area contributed by atoms with Gasteiger partial charge in [0.1, 0.15) is 17.1 Å². The van der Waals surface area contributed by atoms with Crippen molar-refractivity contribution >= 4 is 33.4 Å². The molecule has 3 fully saturated rings. The van der Waals surface area contributed by atoms with Gasteiger partial charge in [0, 0.05) is 46.5 Å². The van der Waals surface area contributed by atoms with E-state index in [-0.39, 0.29) is 5.82 Å².